The van der Waals surface area contributed by atoms with Gasteiger partial charge in [0.25, 0.3) is 0 Å². The second-order valence-electron chi connectivity index (χ2n) is 3.41. The third kappa shape index (κ3) is 2.78. The number of nitrogens with one attached hydrogen (secondary N) is 1. The van der Waals surface area contributed by atoms with Crippen molar-refractivity contribution in [1.29, 1.82) is 0 Å². The molecule has 0 aromatic rings. The minimum Gasteiger partial charge on any atom is -0.447 e. The third-order valence-electron chi connectivity index (χ3n) is 1.83. The maximum Gasteiger partial charge on any atom is 0.407 e. The van der Waals surface area contributed by atoms with E-state index in [0.717, 1.165) is 12.8 Å². The monoisotopic (exact) mass is 157 g/mol. The van der Waals surface area contributed by atoms with Gasteiger partial charge in [0.2, 0.25) is 0 Å². The summed E-state index contributed by atoms with van der Waals surface area (Å²) in [6.45, 7) is 4.90. The van der Waals surface area contributed by atoms with E-state index in [-0.39, 0.29) is 12.1 Å². The largest absolute Gasteiger partial charge is 0.447 e. The fourth-order valence-corrected chi connectivity index (χ4v) is 1.12. The molecule has 11 heavy (non-hydrogen) atoms. The summed E-state index contributed by atoms with van der Waals surface area (Å²) >= 11 is 0. The Morgan fingerprint density at radius 1 is 1.73 bits per heavy atom. The molecule has 0 saturated carbocycles. The van der Waals surface area contributed by atoms with Crippen LogP contribution in [0.3, 0.4) is 0 Å². The van der Waals surface area contributed by atoms with Crippen LogP contribution in [0.4, 0.5) is 4.79 Å². The van der Waals surface area contributed by atoms with Crippen LogP contribution < -0.4 is 5.32 Å². The van der Waals surface area contributed by atoms with Crippen LogP contribution in [0.15, 0.2) is 0 Å². The molecule has 3 nitrogen and oxygen atoms in total. The lowest BCUT2D eigenvalue weighted by atomic mass is 10.0. The van der Waals surface area contributed by atoms with Crippen LogP contribution in [0, 0.1) is 5.92 Å². The Morgan fingerprint density at radius 3 is 2.91 bits per heavy atom. The average molecular weight is 157 g/mol. The number of rotatable bonds is 3. The van der Waals surface area contributed by atoms with Gasteiger partial charge in [0.05, 0.1) is 6.04 Å². The summed E-state index contributed by atoms with van der Waals surface area (Å²) in [5, 5.41) is 2.75. The van der Waals surface area contributed by atoms with E-state index in [0.29, 0.717) is 12.5 Å². The molecule has 0 aromatic heterocycles. The van der Waals surface area contributed by atoms with E-state index in [1.54, 1.807) is 0 Å². The first-order valence-corrected chi connectivity index (χ1v) is 4.12. The molecule has 0 radical (unpaired) electrons. The Balaban J connectivity index is 2.13. The highest BCUT2D eigenvalue weighted by molar-refractivity contribution is 5.69. The van der Waals surface area contributed by atoms with Crippen molar-refractivity contribution in [2.45, 2.75) is 32.7 Å². The standard InChI is InChI=1S/C8H15NO2/c1-6(2)3-4-7-5-11-8(10)9-7/h6-7H,3-5H2,1-2H3,(H,9,10). The molecule has 0 bridgehead atoms. The lowest BCUT2D eigenvalue weighted by molar-refractivity contribution is 0.176. The van der Waals surface area contributed by atoms with E-state index < -0.39 is 0 Å². The molecule has 1 unspecified atom stereocenters. The molecule has 3 heteroatoms. The summed E-state index contributed by atoms with van der Waals surface area (Å²) < 4.78 is 4.75. The first-order chi connectivity index (χ1) is 5.18. The van der Waals surface area contributed by atoms with Gasteiger partial charge in [0, 0.05) is 0 Å². The molecule has 0 spiro atoms. The number of cyclic esters (lactones) is 1. The number of alkyl carbamates (subject to hydrolysis) is 1. The van der Waals surface area contributed by atoms with Crippen LogP contribution in [-0.4, -0.2) is 18.7 Å². The molecule has 1 rings (SSSR count). The fraction of sp³-hybridized carbons (Fsp3) is 0.875. The van der Waals surface area contributed by atoms with Crippen molar-refractivity contribution in [2.24, 2.45) is 5.92 Å². The summed E-state index contributed by atoms with van der Waals surface area (Å²) in [6, 6.07) is 0.255. The second-order valence-corrected chi connectivity index (χ2v) is 3.41. The zero-order valence-electron chi connectivity index (χ0n) is 7.09. The van der Waals surface area contributed by atoms with Crippen LogP contribution in [0.5, 0.6) is 0 Å². The van der Waals surface area contributed by atoms with Gasteiger partial charge in [0.15, 0.2) is 0 Å². The molecule has 1 heterocycles. The molecule has 0 aliphatic carbocycles. The second kappa shape index (κ2) is 3.60. The number of amides is 1. The van der Waals surface area contributed by atoms with E-state index in [1.807, 2.05) is 0 Å². The van der Waals surface area contributed by atoms with Gasteiger partial charge in [0.1, 0.15) is 6.61 Å². The van der Waals surface area contributed by atoms with Crippen molar-refractivity contribution in [3.8, 4) is 0 Å². The van der Waals surface area contributed by atoms with Crippen LogP contribution >= 0.6 is 0 Å². The lowest BCUT2D eigenvalue weighted by Gasteiger charge is -2.08. The Kier molecular flexibility index (Phi) is 2.74. The lowest BCUT2D eigenvalue weighted by Crippen LogP contribution is -2.26. The number of carbonyl (C=O) groups is 1. The average Bonchev–Trinajstić information content (AvgIpc) is 2.31. The summed E-state index contributed by atoms with van der Waals surface area (Å²) in [6.07, 6.45) is 1.91. The van der Waals surface area contributed by atoms with Gasteiger partial charge in [-0.1, -0.05) is 13.8 Å². The van der Waals surface area contributed by atoms with Gasteiger partial charge in [-0.15, -0.1) is 0 Å². The van der Waals surface area contributed by atoms with E-state index in [1.165, 1.54) is 0 Å². The van der Waals surface area contributed by atoms with Gasteiger partial charge >= 0.3 is 6.09 Å². The molecule has 1 amide bonds. The van der Waals surface area contributed by atoms with Crippen molar-refractivity contribution < 1.29 is 9.53 Å². The van der Waals surface area contributed by atoms with Crippen LogP contribution in [-0.2, 0) is 4.74 Å². The Hall–Kier alpha value is -0.730. The van der Waals surface area contributed by atoms with E-state index in [9.17, 15) is 4.79 Å². The van der Waals surface area contributed by atoms with Gasteiger partial charge in [-0.25, -0.2) is 4.79 Å². The SMILES string of the molecule is CC(C)CCC1COC(=O)N1. The van der Waals surface area contributed by atoms with Crippen molar-refractivity contribution in [1.82, 2.24) is 5.32 Å². The van der Waals surface area contributed by atoms with Crippen molar-refractivity contribution in [3.05, 3.63) is 0 Å². The van der Waals surface area contributed by atoms with E-state index in [2.05, 4.69) is 19.2 Å². The highest BCUT2D eigenvalue weighted by Gasteiger charge is 2.21. The molecule has 1 N–H and O–H groups in total. The van der Waals surface area contributed by atoms with Crippen LogP contribution in [0.25, 0.3) is 0 Å². The van der Waals surface area contributed by atoms with Crippen molar-refractivity contribution in [3.63, 3.8) is 0 Å². The molecular weight excluding hydrogens is 142 g/mol. The molecule has 64 valence electrons. The smallest absolute Gasteiger partial charge is 0.407 e. The number of hydrogen-bond acceptors (Lipinski definition) is 2. The fourth-order valence-electron chi connectivity index (χ4n) is 1.12. The maximum atomic E-state index is 10.6. The topological polar surface area (TPSA) is 38.3 Å². The van der Waals surface area contributed by atoms with Crippen LogP contribution in [0.2, 0.25) is 0 Å². The molecular formula is C8H15NO2. The highest BCUT2D eigenvalue weighted by atomic mass is 16.6. The number of carbonyl (C=O) groups excluding carboxylic acids is 1. The summed E-state index contributed by atoms with van der Waals surface area (Å²) in [5.74, 6) is 0.701. The highest BCUT2D eigenvalue weighted by Crippen LogP contribution is 2.10. The molecule has 1 aliphatic heterocycles. The molecule has 0 aromatic carbocycles. The zero-order chi connectivity index (χ0) is 8.27. The minimum atomic E-state index is -0.265. The zero-order valence-corrected chi connectivity index (χ0v) is 7.09. The van der Waals surface area contributed by atoms with Crippen LogP contribution in [0.1, 0.15) is 26.7 Å². The Bertz CT molecular complexity index is 145. The van der Waals surface area contributed by atoms with Gasteiger partial charge in [-0.2, -0.15) is 0 Å². The molecule has 1 fully saturated rings. The van der Waals surface area contributed by atoms with Gasteiger partial charge in [-0.05, 0) is 18.8 Å². The quantitative estimate of drug-likeness (QED) is 0.674. The van der Waals surface area contributed by atoms with E-state index >= 15 is 0 Å². The van der Waals surface area contributed by atoms with E-state index in [4.69, 9.17) is 4.74 Å². The predicted molar refractivity (Wildman–Crippen MR) is 42.3 cm³/mol. The Labute approximate surface area is 67.1 Å². The van der Waals surface area contributed by atoms with Gasteiger partial charge in [-0.3, -0.25) is 0 Å². The predicted octanol–water partition coefficient (Wildman–Crippen LogP) is 1.53. The summed E-state index contributed by atoms with van der Waals surface area (Å²) in [5.41, 5.74) is 0. The summed E-state index contributed by atoms with van der Waals surface area (Å²) in [7, 11) is 0. The molecule has 1 atom stereocenters. The first kappa shape index (κ1) is 8.37. The maximum absolute atomic E-state index is 10.6. The Morgan fingerprint density at radius 2 is 2.45 bits per heavy atom. The molecule has 1 saturated heterocycles. The molecule has 1 aliphatic rings. The first-order valence-electron chi connectivity index (χ1n) is 4.12. The van der Waals surface area contributed by atoms with Crippen molar-refractivity contribution in [2.75, 3.05) is 6.61 Å². The van der Waals surface area contributed by atoms with Crippen molar-refractivity contribution >= 4 is 6.09 Å². The number of hydrogen-bond donors (Lipinski definition) is 1. The number of ether oxygens (including phenoxy) is 1. The normalized spacial score (nSPS) is 23.5. The minimum absolute atomic E-state index is 0.255. The van der Waals surface area contributed by atoms with Gasteiger partial charge < -0.3 is 10.1 Å². The third-order valence-corrected chi connectivity index (χ3v) is 1.83. The summed E-state index contributed by atoms with van der Waals surface area (Å²) in [4.78, 5) is 10.6.